The van der Waals surface area contributed by atoms with Crippen molar-refractivity contribution in [3.8, 4) is 0 Å². The van der Waals surface area contributed by atoms with Crippen LogP contribution < -0.4 is 5.32 Å². The summed E-state index contributed by atoms with van der Waals surface area (Å²) in [4.78, 5) is 29.8. The molecule has 0 fully saturated rings. The Labute approximate surface area is 228 Å². The van der Waals surface area contributed by atoms with Crippen molar-refractivity contribution in [3.05, 3.63) is 99.5 Å². The largest absolute Gasteiger partial charge is 0.354 e. The summed E-state index contributed by atoms with van der Waals surface area (Å²) in [5.41, 5.74) is 2.77. The Hall–Kier alpha value is -2.47. The average molecular weight is 544 g/mol. The number of unbranched alkanes of at least 4 members (excludes halogenated alkanes) is 1. The highest BCUT2D eigenvalue weighted by Gasteiger charge is 2.31. The lowest BCUT2D eigenvalue weighted by molar-refractivity contribution is -0.139. The van der Waals surface area contributed by atoms with Gasteiger partial charge in [0.15, 0.2) is 0 Å². The minimum atomic E-state index is -0.706. The van der Waals surface area contributed by atoms with Crippen molar-refractivity contribution in [1.82, 2.24) is 10.2 Å². The zero-order valence-electron chi connectivity index (χ0n) is 20.7. The van der Waals surface area contributed by atoms with E-state index in [2.05, 4.69) is 12.2 Å². The van der Waals surface area contributed by atoms with Crippen LogP contribution in [-0.2, 0) is 22.6 Å². The first kappa shape index (κ1) is 28.1. The lowest BCUT2D eigenvalue weighted by Crippen LogP contribution is -2.51. The number of hydrogen-bond donors (Lipinski definition) is 1. The first-order chi connectivity index (χ1) is 17.4. The fraction of sp³-hybridized carbons (Fsp3) is 0.310. The van der Waals surface area contributed by atoms with Gasteiger partial charge in [0.05, 0.1) is 5.75 Å². The van der Waals surface area contributed by atoms with Gasteiger partial charge in [0.25, 0.3) is 0 Å². The molecule has 36 heavy (non-hydrogen) atoms. The number of nitrogens with zero attached hydrogens (tertiary/aromatic N) is 1. The second-order valence-electron chi connectivity index (χ2n) is 8.67. The number of nitrogens with one attached hydrogen (secondary N) is 1. The van der Waals surface area contributed by atoms with Crippen molar-refractivity contribution in [1.29, 1.82) is 0 Å². The quantitative estimate of drug-likeness (QED) is 0.199. The molecule has 0 radical (unpaired) electrons. The zero-order chi connectivity index (χ0) is 25.9. The Balaban J connectivity index is 1.92. The van der Waals surface area contributed by atoms with Crippen LogP contribution in [0.25, 0.3) is 0 Å². The molecule has 2 amide bonds. The summed E-state index contributed by atoms with van der Waals surface area (Å²) < 4.78 is 0. The summed E-state index contributed by atoms with van der Waals surface area (Å²) >= 11 is 14.4. The molecule has 7 heteroatoms. The summed E-state index contributed by atoms with van der Waals surface area (Å²) in [5.74, 6) is -0.133. The van der Waals surface area contributed by atoms with Gasteiger partial charge in [-0.15, -0.1) is 11.8 Å². The number of hydrogen-bond acceptors (Lipinski definition) is 3. The zero-order valence-corrected chi connectivity index (χ0v) is 23.0. The minimum absolute atomic E-state index is 0.143. The minimum Gasteiger partial charge on any atom is -0.354 e. The Morgan fingerprint density at radius 1 is 0.944 bits per heavy atom. The Morgan fingerprint density at radius 2 is 1.61 bits per heavy atom. The van der Waals surface area contributed by atoms with Gasteiger partial charge >= 0.3 is 0 Å². The molecule has 0 saturated carbocycles. The molecule has 0 aromatic heterocycles. The van der Waals surface area contributed by atoms with E-state index in [0.717, 1.165) is 28.9 Å². The van der Waals surface area contributed by atoms with Gasteiger partial charge in [0.2, 0.25) is 11.8 Å². The highest BCUT2D eigenvalue weighted by Crippen LogP contribution is 2.28. The van der Waals surface area contributed by atoms with Crippen molar-refractivity contribution in [2.24, 2.45) is 0 Å². The van der Waals surface area contributed by atoms with E-state index in [0.29, 0.717) is 28.6 Å². The van der Waals surface area contributed by atoms with E-state index < -0.39 is 6.04 Å². The van der Waals surface area contributed by atoms with Gasteiger partial charge < -0.3 is 10.2 Å². The third-order valence-electron chi connectivity index (χ3n) is 5.87. The van der Waals surface area contributed by atoms with Crippen LogP contribution in [0, 0.1) is 6.92 Å². The lowest BCUT2D eigenvalue weighted by Gasteiger charge is -2.32. The highest BCUT2D eigenvalue weighted by atomic mass is 35.5. The molecule has 0 aliphatic heterocycles. The highest BCUT2D eigenvalue weighted by molar-refractivity contribution is 8.00. The Morgan fingerprint density at radius 3 is 2.25 bits per heavy atom. The normalized spacial score (nSPS) is 11.7. The van der Waals surface area contributed by atoms with E-state index in [4.69, 9.17) is 23.2 Å². The Bertz CT molecular complexity index is 1120. The number of carbonyl (C=O) groups is 2. The monoisotopic (exact) mass is 542 g/mol. The van der Waals surface area contributed by atoms with Crippen LogP contribution >= 0.6 is 35.0 Å². The van der Waals surface area contributed by atoms with Gasteiger partial charge in [-0.25, -0.2) is 0 Å². The van der Waals surface area contributed by atoms with Crippen LogP contribution in [0.15, 0.2) is 77.7 Å². The van der Waals surface area contributed by atoms with Gasteiger partial charge in [-0.2, -0.15) is 0 Å². The van der Waals surface area contributed by atoms with Crippen molar-refractivity contribution >= 4 is 46.8 Å². The molecular weight excluding hydrogens is 511 g/mol. The first-order valence-electron chi connectivity index (χ1n) is 12.1. The van der Waals surface area contributed by atoms with Gasteiger partial charge in [-0.1, -0.05) is 90.6 Å². The number of amides is 2. The maximum atomic E-state index is 13.7. The summed E-state index contributed by atoms with van der Waals surface area (Å²) in [6.07, 6.45) is 2.23. The smallest absolute Gasteiger partial charge is 0.243 e. The number of aryl methyl sites for hydroxylation is 1. The number of carbonyl (C=O) groups excluding carboxylic acids is 2. The fourth-order valence-electron chi connectivity index (χ4n) is 3.78. The number of halogens is 2. The first-order valence-corrected chi connectivity index (χ1v) is 13.9. The molecular formula is C29H32Cl2N2O2S. The molecule has 0 spiro atoms. The van der Waals surface area contributed by atoms with Gasteiger partial charge in [0.1, 0.15) is 6.04 Å². The predicted molar refractivity (Wildman–Crippen MR) is 151 cm³/mol. The van der Waals surface area contributed by atoms with Crippen LogP contribution in [0.1, 0.15) is 36.5 Å². The van der Waals surface area contributed by atoms with Crippen LogP contribution in [0.5, 0.6) is 0 Å². The molecule has 0 heterocycles. The number of benzene rings is 3. The second kappa shape index (κ2) is 14.3. The molecule has 0 bridgehead atoms. The van der Waals surface area contributed by atoms with E-state index in [9.17, 15) is 9.59 Å². The maximum Gasteiger partial charge on any atom is 0.243 e. The van der Waals surface area contributed by atoms with E-state index >= 15 is 0 Å². The number of rotatable bonds is 12. The van der Waals surface area contributed by atoms with Crippen LogP contribution in [0.3, 0.4) is 0 Å². The molecule has 0 saturated heterocycles. The summed E-state index contributed by atoms with van der Waals surface area (Å²) in [6.45, 7) is 4.81. The van der Waals surface area contributed by atoms with Gasteiger partial charge in [0, 0.05) is 40.0 Å². The fourth-order valence-corrected chi connectivity index (χ4v) is 5.08. The third-order valence-corrected chi connectivity index (χ3v) is 7.58. The second-order valence-corrected chi connectivity index (χ2v) is 10.5. The van der Waals surface area contributed by atoms with Crippen molar-refractivity contribution < 1.29 is 9.59 Å². The molecule has 4 nitrogen and oxygen atoms in total. The third kappa shape index (κ3) is 8.29. The standard InChI is InChI=1S/C29H32Cl2N2O2S/c1-3-4-17-32-29(35)27(18-22-9-6-5-7-10-22)33(19-24-25(30)11-8-12-26(24)31)28(34)20-36-23-15-13-21(2)14-16-23/h5-16,27H,3-4,17-20H2,1-2H3,(H,32,35)/t27-/m1/s1. The molecule has 3 aromatic rings. The lowest BCUT2D eigenvalue weighted by atomic mass is 10.0. The molecule has 0 aliphatic rings. The van der Waals surface area contributed by atoms with E-state index in [-0.39, 0.29) is 24.1 Å². The summed E-state index contributed by atoms with van der Waals surface area (Å²) in [5, 5.41) is 3.97. The Kier molecular flexibility index (Phi) is 11.2. The predicted octanol–water partition coefficient (Wildman–Crippen LogP) is 6.95. The van der Waals surface area contributed by atoms with E-state index in [1.807, 2.05) is 61.5 Å². The molecule has 3 rings (SSSR count). The van der Waals surface area contributed by atoms with Gasteiger partial charge in [-0.05, 0) is 43.2 Å². The number of thioether (sulfide) groups is 1. The summed E-state index contributed by atoms with van der Waals surface area (Å²) in [6, 6.07) is 22.4. The van der Waals surface area contributed by atoms with Gasteiger partial charge in [-0.3, -0.25) is 9.59 Å². The molecule has 1 atom stereocenters. The van der Waals surface area contributed by atoms with E-state index in [1.165, 1.54) is 11.8 Å². The average Bonchev–Trinajstić information content (AvgIpc) is 2.88. The summed E-state index contributed by atoms with van der Waals surface area (Å²) in [7, 11) is 0. The topological polar surface area (TPSA) is 49.4 Å². The van der Waals surface area contributed by atoms with Crippen molar-refractivity contribution in [2.75, 3.05) is 12.3 Å². The van der Waals surface area contributed by atoms with Crippen LogP contribution in [0.4, 0.5) is 0 Å². The molecule has 0 aliphatic carbocycles. The SMILES string of the molecule is CCCCNC(=O)[C@@H](Cc1ccccc1)N(Cc1c(Cl)cccc1Cl)C(=O)CSc1ccc(C)cc1. The van der Waals surface area contributed by atoms with Crippen molar-refractivity contribution in [2.45, 2.75) is 50.6 Å². The molecule has 1 N–H and O–H groups in total. The molecule has 0 unspecified atom stereocenters. The van der Waals surface area contributed by atoms with Crippen molar-refractivity contribution in [3.63, 3.8) is 0 Å². The van der Waals surface area contributed by atoms with Crippen LogP contribution in [-0.4, -0.2) is 35.1 Å². The molecule has 3 aromatic carbocycles. The van der Waals surface area contributed by atoms with Crippen LogP contribution in [0.2, 0.25) is 10.0 Å². The maximum absolute atomic E-state index is 13.7. The molecule has 190 valence electrons. The van der Waals surface area contributed by atoms with E-state index in [1.54, 1.807) is 23.1 Å².